The van der Waals surface area contributed by atoms with Crippen LogP contribution in [0.25, 0.3) is 53.6 Å². The Morgan fingerprint density at radius 2 is 1.14 bits per heavy atom. The van der Waals surface area contributed by atoms with Crippen molar-refractivity contribution in [2.45, 2.75) is 68.7 Å². The summed E-state index contributed by atoms with van der Waals surface area (Å²) in [6, 6.07) is 21.6. The summed E-state index contributed by atoms with van der Waals surface area (Å²) in [7, 11) is 0. The van der Waals surface area contributed by atoms with Crippen molar-refractivity contribution in [3.05, 3.63) is 121 Å². The van der Waals surface area contributed by atoms with E-state index >= 15 is 0 Å². The number of aliphatic hydroxyl groups is 2. The monoisotopic (exact) mass is 876 g/mol. The van der Waals surface area contributed by atoms with Crippen LogP contribution in [0.3, 0.4) is 0 Å². The SMILES string of the molecule is [C-]#[N+]c1ccc2ccc(OC[C@H]3O[C@@H](n4ccc5c(N)ncnc54)[C@@H]4OC(C)(C)O[C@@H]43)cc2n1.[C-]#[N+]c1ccc2ccc(OC[C@H]3O[C@@H](n4ccc5c(N)ncnc54)[C@H](O)[C@@H]3O)cc2n1. The van der Waals surface area contributed by atoms with E-state index in [0.717, 1.165) is 16.2 Å². The van der Waals surface area contributed by atoms with Gasteiger partial charge in [0.2, 0.25) is 0 Å². The van der Waals surface area contributed by atoms with Crippen molar-refractivity contribution in [2.75, 3.05) is 24.7 Å². The van der Waals surface area contributed by atoms with Gasteiger partial charge in [0.25, 0.3) is 11.6 Å². The lowest BCUT2D eigenvalue weighted by Gasteiger charge is -2.25. The number of anilines is 2. The Morgan fingerprint density at radius 3 is 1.69 bits per heavy atom. The van der Waals surface area contributed by atoms with Crippen LogP contribution >= 0.6 is 0 Å². The minimum Gasteiger partial charge on any atom is -0.491 e. The van der Waals surface area contributed by atoms with Gasteiger partial charge in [-0.25, -0.2) is 19.9 Å². The Bertz CT molecular complexity index is 3180. The Morgan fingerprint density at radius 1 is 0.646 bits per heavy atom. The number of pyridine rings is 2. The van der Waals surface area contributed by atoms with Crippen LogP contribution in [0.5, 0.6) is 11.5 Å². The maximum Gasteiger partial charge on any atom is 0.270 e. The number of hydrogen-bond acceptors (Lipinski definition) is 16. The molecule has 20 heteroatoms. The molecule has 9 heterocycles. The molecule has 0 saturated carbocycles. The molecule has 0 aliphatic carbocycles. The quantitative estimate of drug-likeness (QED) is 0.139. The Hall–Kier alpha value is -7.56. The fraction of sp³-hybridized carbons (Fsp3) is 0.289. The highest BCUT2D eigenvalue weighted by molar-refractivity contribution is 5.87. The highest BCUT2D eigenvalue weighted by Crippen LogP contribution is 2.44. The highest BCUT2D eigenvalue weighted by atomic mass is 16.8. The molecular formula is C45H40N12O8. The van der Waals surface area contributed by atoms with Crippen molar-refractivity contribution in [2.24, 2.45) is 0 Å². The molecule has 3 fully saturated rings. The maximum absolute atomic E-state index is 10.6. The number of ether oxygens (including phenoxy) is 6. The summed E-state index contributed by atoms with van der Waals surface area (Å²) >= 11 is 0. The van der Waals surface area contributed by atoms with E-state index in [9.17, 15) is 10.2 Å². The number of aromatic nitrogens is 8. The minimum atomic E-state index is -1.18. The molecule has 8 aromatic rings. The van der Waals surface area contributed by atoms with E-state index in [1.165, 1.54) is 12.7 Å². The molecule has 0 amide bonds. The molecule has 3 saturated heterocycles. The van der Waals surface area contributed by atoms with Gasteiger partial charge >= 0.3 is 0 Å². The van der Waals surface area contributed by atoms with Crippen LogP contribution in [-0.2, 0) is 18.9 Å². The Balaban J connectivity index is 0.000000154. The molecule has 0 unspecified atom stereocenters. The lowest BCUT2D eigenvalue weighted by molar-refractivity contribution is -0.198. The van der Waals surface area contributed by atoms with Crippen LogP contribution in [0.4, 0.5) is 23.3 Å². The zero-order valence-corrected chi connectivity index (χ0v) is 34.7. The van der Waals surface area contributed by atoms with Gasteiger partial charge in [0.1, 0.15) is 96.9 Å². The predicted octanol–water partition coefficient (Wildman–Crippen LogP) is 5.42. The normalized spacial score (nSPS) is 24.4. The summed E-state index contributed by atoms with van der Waals surface area (Å²) in [6.07, 6.45) is 0.836. The fourth-order valence-electron chi connectivity index (χ4n) is 8.34. The van der Waals surface area contributed by atoms with E-state index in [1.807, 2.05) is 67.1 Å². The summed E-state index contributed by atoms with van der Waals surface area (Å²) in [5.41, 5.74) is 14.4. The van der Waals surface area contributed by atoms with Gasteiger partial charge in [-0.1, -0.05) is 25.3 Å². The molecule has 2 aromatic carbocycles. The van der Waals surface area contributed by atoms with Gasteiger partial charge < -0.3 is 68.9 Å². The maximum atomic E-state index is 10.6. The summed E-state index contributed by atoms with van der Waals surface area (Å²) in [6.45, 7) is 18.3. The molecule has 328 valence electrons. The molecule has 6 aromatic heterocycles. The van der Waals surface area contributed by atoms with Crippen molar-refractivity contribution in [1.29, 1.82) is 0 Å². The van der Waals surface area contributed by atoms with Crippen LogP contribution in [-0.4, -0.2) is 105 Å². The van der Waals surface area contributed by atoms with Crippen LogP contribution in [0, 0.1) is 13.1 Å². The number of hydrogen-bond donors (Lipinski definition) is 4. The van der Waals surface area contributed by atoms with Gasteiger partial charge in [0, 0.05) is 35.3 Å². The molecule has 0 spiro atoms. The molecule has 6 N–H and O–H groups in total. The first-order chi connectivity index (χ1) is 31.5. The predicted molar refractivity (Wildman–Crippen MR) is 235 cm³/mol. The fourth-order valence-corrected chi connectivity index (χ4v) is 8.34. The number of benzene rings is 2. The standard InChI is InChI=1S/C24H22N6O4.C21H18N6O4/c1-24(2)33-19-17(11-31-14-6-4-13-5-7-18(26-3)29-16(13)10-14)32-23(20(19)34-24)30-9-8-15-21(25)27-12-28-22(15)30;1-23-16-5-3-11-2-4-12(8-14(11)26-16)30-9-15-17(28)18(29)21(31-15)27-7-6-13-19(22)24-10-25-20(13)27/h4-10,12,17,19-20,23H,11H2,1-2H3,(H2,25,27,28);2-8,10,15,17-18,21,28-29H,9H2,(H2,22,24,25)/t17-,19-,20-,23-;15-,17-,18-,21-/m11/s1. The smallest absolute Gasteiger partial charge is 0.270 e. The molecule has 65 heavy (non-hydrogen) atoms. The van der Waals surface area contributed by atoms with Crippen LogP contribution < -0.4 is 20.9 Å². The Labute approximate surface area is 369 Å². The molecule has 0 bridgehead atoms. The average molecular weight is 877 g/mol. The second kappa shape index (κ2) is 16.5. The molecule has 8 atom stereocenters. The third-order valence-corrected chi connectivity index (χ3v) is 11.4. The average Bonchev–Trinajstić information content (AvgIpc) is 4.14. The van der Waals surface area contributed by atoms with Crippen LogP contribution in [0.1, 0.15) is 26.3 Å². The molecule has 20 nitrogen and oxygen atoms in total. The molecule has 0 radical (unpaired) electrons. The molecule has 11 rings (SSSR count). The summed E-state index contributed by atoms with van der Waals surface area (Å²) in [5.74, 6) is 1.77. The second-order valence-corrected chi connectivity index (χ2v) is 16.0. The summed E-state index contributed by atoms with van der Waals surface area (Å²) in [5, 5.41) is 24.3. The minimum absolute atomic E-state index is 0.0130. The van der Waals surface area contributed by atoms with E-state index in [4.69, 9.17) is 53.0 Å². The summed E-state index contributed by atoms with van der Waals surface area (Å²) in [4.78, 5) is 32.0. The third-order valence-electron chi connectivity index (χ3n) is 11.4. The molecule has 3 aliphatic rings. The van der Waals surface area contributed by atoms with Crippen LogP contribution in [0.2, 0.25) is 0 Å². The number of nitrogen functional groups attached to an aromatic ring is 2. The lowest BCUT2D eigenvalue weighted by atomic mass is 10.1. The van der Waals surface area contributed by atoms with Gasteiger partial charge in [-0.3, -0.25) is 0 Å². The van der Waals surface area contributed by atoms with Crippen LogP contribution in [0.15, 0.2) is 97.8 Å². The van der Waals surface area contributed by atoms with Crippen molar-refractivity contribution in [1.82, 2.24) is 39.0 Å². The van der Waals surface area contributed by atoms with E-state index in [1.54, 1.807) is 41.1 Å². The first-order valence-electron chi connectivity index (χ1n) is 20.5. The third kappa shape index (κ3) is 7.80. The molecular weight excluding hydrogens is 837 g/mol. The van der Waals surface area contributed by atoms with E-state index in [2.05, 4.69) is 39.6 Å². The van der Waals surface area contributed by atoms with E-state index in [0.29, 0.717) is 62.5 Å². The number of nitrogens with zero attached hydrogens (tertiary/aromatic N) is 10. The number of aliphatic hydroxyl groups excluding tert-OH is 2. The number of fused-ring (bicyclic) bond motifs is 5. The summed E-state index contributed by atoms with van der Waals surface area (Å²) < 4.78 is 40.1. The first kappa shape index (κ1) is 41.5. The Kier molecular flexibility index (Phi) is 10.5. The first-order valence-corrected chi connectivity index (χ1v) is 20.5. The number of rotatable bonds is 8. The second-order valence-electron chi connectivity index (χ2n) is 16.0. The van der Waals surface area contributed by atoms with E-state index < -0.39 is 36.6 Å². The van der Waals surface area contributed by atoms with Crippen molar-refractivity contribution in [3.8, 4) is 11.5 Å². The lowest BCUT2D eigenvalue weighted by Crippen LogP contribution is -2.34. The van der Waals surface area contributed by atoms with Gasteiger partial charge in [-0.2, -0.15) is 0 Å². The zero-order valence-electron chi connectivity index (χ0n) is 34.7. The zero-order chi connectivity index (χ0) is 45.0. The molecule has 3 aliphatic heterocycles. The van der Waals surface area contributed by atoms with Crippen molar-refractivity contribution < 1.29 is 38.6 Å². The topological polar surface area (TPSA) is 244 Å². The van der Waals surface area contributed by atoms with Gasteiger partial charge in [-0.05, 0) is 62.4 Å². The van der Waals surface area contributed by atoms with E-state index in [-0.39, 0.29) is 31.5 Å². The largest absolute Gasteiger partial charge is 0.491 e. The van der Waals surface area contributed by atoms with Crippen molar-refractivity contribution >= 4 is 67.1 Å². The van der Waals surface area contributed by atoms with Gasteiger partial charge in [0.05, 0.1) is 10.8 Å². The highest BCUT2D eigenvalue weighted by Gasteiger charge is 2.56. The van der Waals surface area contributed by atoms with Gasteiger partial charge in [0.15, 0.2) is 29.3 Å². The van der Waals surface area contributed by atoms with Gasteiger partial charge in [-0.15, -0.1) is 9.97 Å². The van der Waals surface area contributed by atoms with Crippen molar-refractivity contribution in [3.63, 3.8) is 0 Å². The number of nitrogens with two attached hydrogens (primary N) is 2.